The van der Waals surface area contributed by atoms with Gasteiger partial charge in [0.15, 0.2) is 0 Å². The van der Waals surface area contributed by atoms with E-state index in [4.69, 9.17) is 4.74 Å². The molecule has 15 heavy (non-hydrogen) atoms. The molecule has 0 saturated carbocycles. The maximum atomic E-state index is 5.89. The van der Waals surface area contributed by atoms with Crippen LogP contribution in [0.1, 0.15) is 53.4 Å². The van der Waals surface area contributed by atoms with Gasteiger partial charge in [-0.15, -0.1) is 0 Å². The van der Waals surface area contributed by atoms with Gasteiger partial charge in [0.05, 0.1) is 12.2 Å². The zero-order valence-electron chi connectivity index (χ0n) is 11.0. The van der Waals surface area contributed by atoms with E-state index in [1.165, 1.54) is 25.7 Å². The molecule has 1 heterocycles. The lowest BCUT2D eigenvalue weighted by molar-refractivity contribution is 0.0254. The third-order valence-electron chi connectivity index (χ3n) is 3.45. The highest BCUT2D eigenvalue weighted by Gasteiger charge is 2.29. The van der Waals surface area contributed by atoms with E-state index < -0.39 is 0 Å². The zero-order valence-corrected chi connectivity index (χ0v) is 11.0. The molecule has 1 saturated heterocycles. The van der Waals surface area contributed by atoms with E-state index in [-0.39, 0.29) is 0 Å². The topological polar surface area (TPSA) is 21.3 Å². The monoisotopic (exact) mass is 213 g/mol. The van der Waals surface area contributed by atoms with Gasteiger partial charge in [0.25, 0.3) is 0 Å². The molecule has 1 rings (SSSR count). The maximum Gasteiger partial charge on any atom is 0.0584 e. The van der Waals surface area contributed by atoms with E-state index in [0.717, 1.165) is 0 Å². The number of ether oxygens (including phenoxy) is 1. The molecule has 0 spiro atoms. The Hall–Kier alpha value is -0.0800. The first-order chi connectivity index (χ1) is 6.93. The zero-order chi connectivity index (χ0) is 11.5. The predicted octanol–water partition coefficient (Wildman–Crippen LogP) is 2.97. The highest BCUT2D eigenvalue weighted by molar-refractivity contribution is 4.81. The molecule has 0 aliphatic carbocycles. The molecular formula is C13H27NO. The smallest absolute Gasteiger partial charge is 0.0584 e. The molecule has 0 aromatic rings. The van der Waals surface area contributed by atoms with Gasteiger partial charge in [-0.3, -0.25) is 0 Å². The minimum absolute atomic E-state index is 0.386. The van der Waals surface area contributed by atoms with Crippen LogP contribution in [0.4, 0.5) is 0 Å². The van der Waals surface area contributed by atoms with E-state index in [1.54, 1.807) is 0 Å². The summed E-state index contributed by atoms with van der Waals surface area (Å²) in [6.45, 7) is 9.14. The van der Waals surface area contributed by atoms with Crippen molar-refractivity contribution in [3.63, 3.8) is 0 Å². The Labute approximate surface area is 94.8 Å². The number of nitrogens with one attached hydrogen (secondary N) is 1. The largest absolute Gasteiger partial charge is 0.375 e. The summed E-state index contributed by atoms with van der Waals surface area (Å²) in [6.07, 6.45) is 5.88. The highest BCUT2D eigenvalue weighted by atomic mass is 16.5. The molecule has 1 N–H and O–H groups in total. The van der Waals surface area contributed by atoms with E-state index in [2.05, 4.69) is 33.0 Å². The summed E-state index contributed by atoms with van der Waals surface area (Å²) in [5.41, 5.74) is 0.386. The molecule has 3 unspecified atom stereocenters. The molecule has 0 radical (unpaired) electrons. The maximum absolute atomic E-state index is 5.89. The minimum Gasteiger partial charge on any atom is -0.375 e. The van der Waals surface area contributed by atoms with E-state index in [9.17, 15) is 0 Å². The third kappa shape index (κ3) is 4.52. The Morgan fingerprint density at radius 2 is 2.07 bits per heavy atom. The molecule has 1 aliphatic heterocycles. The van der Waals surface area contributed by atoms with E-state index in [0.29, 0.717) is 23.7 Å². The second-order valence-electron chi connectivity index (χ2n) is 5.91. The lowest BCUT2D eigenvalue weighted by Gasteiger charge is -2.30. The Bertz CT molecular complexity index is 191. The first-order valence-corrected chi connectivity index (χ1v) is 6.25. The predicted molar refractivity (Wildman–Crippen MR) is 65.1 cm³/mol. The summed E-state index contributed by atoms with van der Waals surface area (Å²) >= 11 is 0. The van der Waals surface area contributed by atoms with Crippen molar-refractivity contribution in [2.45, 2.75) is 71.6 Å². The first kappa shape index (κ1) is 13.0. The van der Waals surface area contributed by atoms with Crippen LogP contribution in [0.2, 0.25) is 0 Å². The van der Waals surface area contributed by atoms with Gasteiger partial charge in [-0.2, -0.15) is 0 Å². The van der Waals surface area contributed by atoms with Crippen LogP contribution >= 0.6 is 0 Å². The van der Waals surface area contributed by atoms with Gasteiger partial charge in [0.2, 0.25) is 0 Å². The van der Waals surface area contributed by atoms with Crippen molar-refractivity contribution in [3.8, 4) is 0 Å². The Morgan fingerprint density at radius 1 is 1.40 bits per heavy atom. The summed E-state index contributed by atoms with van der Waals surface area (Å²) in [5.74, 6) is 0. The highest BCUT2D eigenvalue weighted by Crippen LogP contribution is 2.34. The van der Waals surface area contributed by atoms with Gasteiger partial charge in [-0.05, 0) is 52.0 Å². The van der Waals surface area contributed by atoms with Crippen molar-refractivity contribution < 1.29 is 4.74 Å². The molecule has 1 aliphatic rings. The Morgan fingerprint density at radius 3 is 2.53 bits per heavy atom. The van der Waals surface area contributed by atoms with Gasteiger partial charge in [-0.1, -0.05) is 13.8 Å². The number of hydrogen-bond donors (Lipinski definition) is 1. The molecule has 0 amide bonds. The average Bonchev–Trinajstić information content (AvgIpc) is 2.49. The lowest BCUT2D eigenvalue weighted by Crippen LogP contribution is -2.30. The van der Waals surface area contributed by atoms with Crippen LogP contribution < -0.4 is 5.32 Å². The molecule has 2 heteroatoms. The first-order valence-electron chi connectivity index (χ1n) is 6.25. The van der Waals surface area contributed by atoms with Gasteiger partial charge >= 0.3 is 0 Å². The standard InChI is InChI=1S/C13H27NO/c1-10(14-5)8-13(3,4)9-12-7-6-11(2)15-12/h10-12,14H,6-9H2,1-5H3. The van der Waals surface area contributed by atoms with Crippen LogP contribution in [-0.4, -0.2) is 25.3 Å². The summed E-state index contributed by atoms with van der Waals surface area (Å²) in [7, 11) is 2.04. The Balaban J connectivity index is 2.35. The van der Waals surface area contributed by atoms with Crippen LogP contribution in [-0.2, 0) is 4.74 Å². The van der Waals surface area contributed by atoms with Crippen LogP contribution in [0.25, 0.3) is 0 Å². The van der Waals surface area contributed by atoms with Crippen molar-refractivity contribution in [1.82, 2.24) is 5.32 Å². The minimum atomic E-state index is 0.386. The van der Waals surface area contributed by atoms with Crippen molar-refractivity contribution in [2.75, 3.05) is 7.05 Å². The van der Waals surface area contributed by atoms with Gasteiger partial charge < -0.3 is 10.1 Å². The summed E-state index contributed by atoms with van der Waals surface area (Å²) in [4.78, 5) is 0. The van der Waals surface area contributed by atoms with Crippen LogP contribution in [0.3, 0.4) is 0 Å². The van der Waals surface area contributed by atoms with Crippen molar-refractivity contribution in [3.05, 3.63) is 0 Å². The second kappa shape index (κ2) is 5.31. The van der Waals surface area contributed by atoms with E-state index >= 15 is 0 Å². The van der Waals surface area contributed by atoms with E-state index in [1.807, 2.05) is 7.05 Å². The fourth-order valence-corrected chi connectivity index (χ4v) is 2.67. The summed E-state index contributed by atoms with van der Waals surface area (Å²) in [5, 5.41) is 3.31. The van der Waals surface area contributed by atoms with Crippen LogP contribution in [0, 0.1) is 5.41 Å². The quantitative estimate of drug-likeness (QED) is 0.758. The third-order valence-corrected chi connectivity index (χ3v) is 3.45. The van der Waals surface area contributed by atoms with Gasteiger partial charge in [-0.25, -0.2) is 0 Å². The number of hydrogen-bond acceptors (Lipinski definition) is 2. The average molecular weight is 213 g/mol. The molecule has 0 aromatic carbocycles. The molecule has 0 bridgehead atoms. The molecule has 2 nitrogen and oxygen atoms in total. The molecular weight excluding hydrogens is 186 g/mol. The molecule has 90 valence electrons. The van der Waals surface area contributed by atoms with Crippen molar-refractivity contribution >= 4 is 0 Å². The van der Waals surface area contributed by atoms with Crippen molar-refractivity contribution in [1.29, 1.82) is 0 Å². The summed E-state index contributed by atoms with van der Waals surface area (Å²) in [6, 6.07) is 0.596. The fourth-order valence-electron chi connectivity index (χ4n) is 2.67. The molecule has 3 atom stereocenters. The second-order valence-corrected chi connectivity index (χ2v) is 5.91. The van der Waals surface area contributed by atoms with Gasteiger partial charge in [0, 0.05) is 6.04 Å². The van der Waals surface area contributed by atoms with Gasteiger partial charge in [0.1, 0.15) is 0 Å². The lowest BCUT2D eigenvalue weighted by atomic mass is 9.80. The Kier molecular flexibility index (Phi) is 4.60. The summed E-state index contributed by atoms with van der Waals surface area (Å²) < 4.78 is 5.89. The molecule has 0 aromatic heterocycles. The fraction of sp³-hybridized carbons (Fsp3) is 1.00. The van der Waals surface area contributed by atoms with Crippen LogP contribution in [0.15, 0.2) is 0 Å². The molecule has 1 fully saturated rings. The van der Waals surface area contributed by atoms with Crippen molar-refractivity contribution in [2.24, 2.45) is 5.41 Å². The number of rotatable bonds is 5. The van der Waals surface area contributed by atoms with Crippen LogP contribution in [0.5, 0.6) is 0 Å². The normalized spacial score (nSPS) is 29.4. The SMILES string of the molecule is CNC(C)CC(C)(C)CC1CCC(C)O1.